The number of hydrogen-bond donors (Lipinski definition) is 0. The van der Waals surface area contributed by atoms with Crippen molar-refractivity contribution in [2.45, 2.75) is 6.92 Å². The normalized spacial score (nSPS) is 10.5. The van der Waals surface area contributed by atoms with E-state index >= 15 is 0 Å². The highest BCUT2D eigenvalue weighted by atomic mass is 79.9. The minimum absolute atomic E-state index is 0.501. The first-order valence-corrected chi connectivity index (χ1v) is 8.07. The third-order valence-corrected chi connectivity index (χ3v) is 4.19. The molecule has 4 nitrogen and oxygen atoms in total. The zero-order chi connectivity index (χ0) is 16.2. The summed E-state index contributed by atoms with van der Waals surface area (Å²) in [6, 6.07) is 17.3. The number of rotatable bonds is 5. The van der Waals surface area contributed by atoms with Gasteiger partial charge in [0.05, 0.1) is 17.9 Å². The average molecular weight is 371 g/mol. The van der Waals surface area contributed by atoms with Crippen LogP contribution < -0.4 is 4.74 Å². The molecule has 1 aromatic heterocycles. The molecule has 0 radical (unpaired) electrons. The summed E-state index contributed by atoms with van der Waals surface area (Å²) in [4.78, 5) is 11.6. The molecule has 0 saturated carbocycles. The van der Waals surface area contributed by atoms with Crippen molar-refractivity contribution in [1.82, 2.24) is 9.78 Å². The first-order chi connectivity index (χ1) is 11.3. The van der Waals surface area contributed by atoms with Gasteiger partial charge in [0.15, 0.2) is 6.29 Å². The van der Waals surface area contributed by atoms with E-state index in [9.17, 15) is 4.79 Å². The molecule has 3 rings (SSSR count). The van der Waals surface area contributed by atoms with Crippen LogP contribution in [0.15, 0.2) is 59.2 Å². The summed E-state index contributed by atoms with van der Waals surface area (Å²) in [6.45, 7) is 2.48. The second-order valence-corrected chi connectivity index (χ2v) is 5.60. The SMILES string of the molecule is CCOc1ccccc1-c1nn(-c2ccccc2)c(Br)c1C=O. The van der Waals surface area contributed by atoms with Crippen LogP contribution in [0.5, 0.6) is 5.75 Å². The Kier molecular flexibility index (Phi) is 4.57. The highest BCUT2D eigenvalue weighted by molar-refractivity contribution is 9.10. The maximum absolute atomic E-state index is 11.6. The molecule has 1 heterocycles. The maximum atomic E-state index is 11.6. The number of para-hydroxylation sites is 2. The summed E-state index contributed by atoms with van der Waals surface area (Å²) in [7, 11) is 0. The Bertz CT molecular complexity index is 828. The number of benzene rings is 2. The van der Waals surface area contributed by atoms with E-state index in [-0.39, 0.29) is 0 Å². The van der Waals surface area contributed by atoms with Gasteiger partial charge in [-0.25, -0.2) is 4.68 Å². The van der Waals surface area contributed by atoms with E-state index in [0.717, 1.165) is 17.5 Å². The molecule has 116 valence electrons. The lowest BCUT2D eigenvalue weighted by molar-refractivity contribution is 0.112. The fraction of sp³-hybridized carbons (Fsp3) is 0.111. The molecule has 0 saturated heterocycles. The number of carbonyl (C=O) groups is 1. The van der Waals surface area contributed by atoms with E-state index in [2.05, 4.69) is 21.0 Å². The topological polar surface area (TPSA) is 44.1 Å². The number of ether oxygens (including phenoxy) is 1. The average Bonchev–Trinajstić information content (AvgIpc) is 2.93. The standard InChI is InChI=1S/C18H15BrN2O2/c1-2-23-16-11-7-6-10-14(16)17-15(12-22)18(19)21(20-17)13-8-4-3-5-9-13/h3-12H,2H2,1H3. The van der Waals surface area contributed by atoms with Crippen LogP contribution in [0.4, 0.5) is 0 Å². The molecule has 0 aliphatic heterocycles. The minimum Gasteiger partial charge on any atom is -0.493 e. The molecule has 0 aliphatic carbocycles. The van der Waals surface area contributed by atoms with Gasteiger partial charge < -0.3 is 4.74 Å². The maximum Gasteiger partial charge on any atom is 0.155 e. The van der Waals surface area contributed by atoms with Crippen molar-refractivity contribution in [3.63, 3.8) is 0 Å². The summed E-state index contributed by atoms with van der Waals surface area (Å²) >= 11 is 3.49. The van der Waals surface area contributed by atoms with E-state index in [1.54, 1.807) is 4.68 Å². The third-order valence-electron chi connectivity index (χ3n) is 3.42. The molecular formula is C18H15BrN2O2. The van der Waals surface area contributed by atoms with Crippen molar-refractivity contribution >= 4 is 22.2 Å². The highest BCUT2D eigenvalue weighted by Crippen LogP contribution is 2.35. The summed E-state index contributed by atoms with van der Waals surface area (Å²) in [5, 5.41) is 4.62. The summed E-state index contributed by atoms with van der Waals surface area (Å²) in [6.07, 6.45) is 0.814. The van der Waals surface area contributed by atoms with E-state index in [4.69, 9.17) is 4.74 Å². The molecule has 5 heteroatoms. The predicted octanol–water partition coefficient (Wildman–Crippen LogP) is 4.51. The molecule has 0 unspecified atom stereocenters. The Morgan fingerprint density at radius 3 is 2.52 bits per heavy atom. The number of aldehydes is 1. The molecule has 0 atom stereocenters. The van der Waals surface area contributed by atoms with Gasteiger partial charge in [-0.15, -0.1) is 0 Å². The van der Waals surface area contributed by atoms with Gasteiger partial charge in [0.25, 0.3) is 0 Å². The van der Waals surface area contributed by atoms with Crippen molar-refractivity contribution in [3.8, 4) is 22.7 Å². The summed E-state index contributed by atoms with van der Waals surface area (Å²) in [5.41, 5.74) is 2.77. The van der Waals surface area contributed by atoms with E-state index < -0.39 is 0 Å². The van der Waals surface area contributed by atoms with Gasteiger partial charge in [-0.1, -0.05) is 30.3 Å². The molecule has 0 fully saturated rings. The molecule has 0 bridgehead atoms. The van der Waals surface area contributed by atoms with E-state index in [0.29, 0.717) is 28.2 Å². The molecule has 0 N–H and O–H groups in total. The fourth-order valence-corrected chi connectivity index (χ4v) is 2.96. The van der Waals surface area contributed by atoms with Crippen molar-refractivity contribution in [2.75, 3.05) is 6.61 Å². The number of halogens is 1. The van der Waals surface area contributed by atoms with Gasteiger partial charge in [0.1, 0.15) is 16.0 Å². The van der Waals surface area contributed by atoms with Gasteiger partial charge in [-0.3, -0.25) is 4.79 Å². The number of hydrogen-bond acceptors (Lipinski definition) is 3. The number of carbonyl (C=O) groups excluding carboxylic acids is 1. The molecule has 0 amide bonds. The second kappa shape index (κ2) is 6.79. The van der Waals surface area contributed by atoms with Crippen LogP contribution in [-0.4, -0.2) is 22.7 Å². The van der Waals surface area contributed by atoms with Crippen LogP contribution in [-0.2, 0) is 0 Å². The fourth-order valence-electron chi connectivity index (χ4n) is 2.40. The van der Waals surface area contributed by atoms with Crippen LogP contribution >= 0.6 is 15.9 Å². The van der Waals surface area contributed by atoms with Crippen LogP contribution in [0, 0.1) is 0 Å². The molecular weight excluding hydrogens is 356 g/mol. The monoisotopic (exact) mass is 370 g/mol. The Labute approximate surface area is 142 Å². The number of aromatic nitrogens is 2. The van der Waals surface area contributed by atoms with Crippen LogP contribution in [0.1, 0.15) is 17.3 Å². The van der Waals surface area contributed by atoms with E-state index in [1.807, 2.05) is 61.5 Å². The largest absolute Gasteiger partial charge is 0.493 e. The smallest absolute Gasteiger partial charge is 0.155 e. The predicted molar refractivity (Wildman–Crippen MR) is 93.3 cm³/mol. The summed E-state index contributed by atoms with van der Waals surface area (Å²) < 4.78 is 8.00. The van der Waals surface area contributed by atoms with Gasteiger partial charge in [-0.2, -0.15) is 5.10 Å². The minimum atomic E-state index is 0.501. The zero-order valence-corrected chi connectivity index (χ0v) is 14.2. The Morgan fingerprint density at radius 1 is 1.13 bits per heavy atom. The van der Waals surface area contributed by atoms with Crippen molar-refractivity contribution in [2.24, 2.45) is 0 Å². The van der Waals surface area contributed by atoms with Crippen LogP contribution in [0.2, 0.25) is 0 Å². The third kappa shape index (κ3) is 2.92. The zero-order valence-electron chi connectivity index (χ0n) is 12.6. The van der Waals surface area contributed by atoms with Crippen LogP contribution in [0.25, 0.3) is 16.9 Å². The van der Waals surface area contributed by atoms with Crippen molar-refractivity contribution in [1.29, 1.82) is 0 Å². The number of nitrogens with zero attached hydrogens (tertiary/aromatic N) is 2. The van der Waals surface area contributed by atoms with Gasteiger partial charge in [0.2, 0.25) is 0 Å². The quantitative estimate of drug-likeness (QED) is 0.620. The Morgan fingerprint density at radius 2 is 1.83 bits per heavy atom. The molecule has 0 aliphatic rings. The summed E-state index contributed by atoms with van der Waals surface area (Å²) in [5.74, 6) is 0.711. The molecule has 3 aromatic rings. The second-order valence-electron chi connectivity index (χ2n) is 4.85. The lowest BCUT2D eigenvalue weighted by Gasteiger charge is -2.08. The van der Waals surface area contributed by atoms with Crippen molar-refractivity contribution < 1.29 is 9.53 Å². The van der Waals surface area contributed by atoms with Gasteiger partial charge >= 0.3 is 0 Å². The van der Waals surface area contributed by atoms with Crippen LogP contribution in [0.3, 0.4) is 0 Å². The van der Waals surface area contributed by atoms with E-state index in [1.165, 1.54) is 0 Å². The van der Waals surface area contributed by atoms with Gasteiger partial charge in [0, 0.05) is 5.56 Å². The molecule has 23 heavy (non-hydrogen) atoms. The molecule has 2 aromatic carbocycles. The highest BCUT2D eigenvalue weighted by Gasteiger charge is 2.20. The first-order valence-electron chi connectivity index (χ1n) is 7.27. The van der Waals surface area contributed by atoms with Gasteiger partial charge in [-0.05, 0) is 47.1 Å². The lowest BCUT2D eigenvalue weighted by Crippen LogP contribution is -1.97. The first kappa shape index (κ1) is 15.5. The molecule has 0 spiro atoms. The lowest BCUT2D eigenvalue weighted by atomic mass is 10.1. The van der Waals surface area contributed by atoms with Crippen molar-refractivity contribution in [3.05, 3.63) is 64.8 Å². The Hall–Kier alpha value is -2.40. The Balaban J connectivity index is 2.20.